The monoisotopic (exact) mass is 1170 g/mol. The van der Waals surface area contributed by atoms with Gasteiger partial charge in [0.1, 0.15) is 12.7 Å². The third-order valence-corrected chi connectivity index (χ3v) is 15.6. The van der Waals surface area contributed by atoms with E-state index in [0.29, 0.717) is 25.7 Å². The van der Waals surface area contributed by atoms with Crippen molar-refractivity contribution in [3.8, 4) is 0 Å². The molecule has 2 N–H and O–H groups in total. The number of carbonyl (C=O) groups is 3. The summed E-state index contributed by atoms with van der Waals surface area (Å²) in [4.78, 5) is 48.8. The summed E-state index contributed by atoms with van der Waals surface area (Å²) in [5, 5.41) is 9.85. The van der Waals surface area contributed by atoms with Gasteiger partial charge in [-0.25, -0.2) is 4.57 Å². The first-order valence-corrected chi connectivity index (χ1v) is 35.3. The van der Waals surface area contributed by atoms with Crippen molar-refractivity contribution in [2.75, 3.05) is 26.4 Å². The molecule has 0 amide bonds. The standard InChI is InChI=1S/C70H125O11P/c1-4-7-10-13-16-19-22-25-28-31-33-36-38-41-44-47-50-53-56-59-68(72)77-63-67(81-70(74)61-58-55-52-49-46-43-40-37-34-32-29-26-23-20-17-14-11-8-5-2)65-79-82(75,76)78-64-66(62-71)80-69(73)60-57-54-51-48-45-42-39-35-30-27-24-21-18-15-12-9-6-3/h9,12,18,21,26-27,29-30,39,42,48,51,66-67,71H,4-8,10-11,13-17,19-20,22-25,28,31-38,40-41,43-47,49-50,52-65H2,1-3H3,(H,75,76)/b12-9-,21-18-,29-26-,30-27-,42-39-,51-48-. The van der Waals surface area contributed by atoms with Gasteiger partial charge in [0.25, 0.3) is 0 Å². The van der Waals surface area contributed by atoms with E-state index in [1.807, 2.05) is 12.2 Å². The number of aliphatic hydroxyl groups is 1. The van der Waals surface area contributed by atoms with Gasteiger partial charge in [-0.15, -0.1) is 0 Å². The van der Waals surface area contributed by atoms with Crippen LogP contribution in [0.25, 0.3) is 0 Å². The number of hydrogen-bond donors (Lipinski definition) is 2. The lowest BCUT2D eigenvalue weighted by Crippen LogP contribution is -2.30. The molecule has 3 atom stereocenters. The molecule has 0 aliphatic rings. The van der Waals surface area contributed by atoms with Gasteiger partial charge < -0.3 is 24.2 Å². The quantitative estimate of drug-likeness (QED) is 0.0197. The third kappa shape index (κ3) is 61.5. The largest absolute Gasteiger partial charge is 0.472 e. The van der Waals surface area contributed by atoms with Gasteiger partial charge >= 0.3 is 25.7 Å². The maximum absolute atomic E-state index is 13.0. The molecule has 0 aromatic heterocycles. The van der Waals surface area contributed by atoms with Gasteiger partial charge in [0.05, 0.1) is 19.8 Å². The molecule has 0 aromatic rings. The molecule has 0 saturated carbocycles. The van der Waals surface area contributed by atoms with Crippen LogP contribution in [0.3, 0.4) is 0 Å². The van der Waals surface area contributed by atoms with Crippen molar-refractivity contribution >= 4 is 25.7 Å². The normalized spacial score (nSPS) is 13.7. The van der Waals surface area contributed by atoms with E-state index in [1.54, 1.807) is 0 Å². The summed E-state index contributed by atoms with van der Waals surface area (Å²) in [6.07, 6.45) is 74.3. The van der Waals surface area contributed by atoms with Crippen LogP contribution in [0.2, 0.25) is 0 Å². The van der Waals surface area contributed by atoms with E-state index in [4.69, 9.17) is 23.3 Å². The fourth-order valence-corrected chi connectivity index (χ4v) is 10.3. The molecular formula is C70H125O11P. The van der Waals surface area contributed by atoms with E-state index in [1.165, 1.54) is 180 Å². The van der Waals surface area contributed by atoms with Crippen LogP contribution in [0.15, 0.2) is 72.9 Å². The zero-order valence-corrected chi connectivity index (χ0v) is 53.8. The summed E-state index contributed by atoms with van der Waals surface area (Å²) < 4.78 is 39.7. The number of rotatable bonds is 63. The Balaban J connectivity index is 4.72. The fourth-order valence-electron chi connectivity index (χ4n) is 9.51. The van der Waals surface area contributed by atoms with Crippen molar-refractivity contribution in [2.45, 2.75) is 328 Å². The average molecular weight is 1170 g/mol. The van der Waals surface area contributed by atoms with E-state index < -0.39 is 57.8 Å². The molecule has 0 bridgehead atoms. The Morgan fingerprint density at radius 2 is 0.646 bits per heavy atom. The lowest BCUT2D eigenvalue weighted by Gasteiger charge is -2.21. The van der Waals surface area contributed by atoms with Gasteiger partial charge in [0, 0.05) is 19.3 Å². The van der Waals surface area contributed by atoms with Crippen molar-refractivity contribution in [3.63, 3.8) is 0 Å². The zero-order valence-electron chi connectivity index (χ0n) is 53.0. The van der Waals surface area contributed by atoms with Gasteiger partial charge in [-0.05, 0) is 83.5 Å². The van der Waals surface area contributed by atoms with Crippen LogP contribution >= 0.6 is 7.82 Å². The third-order valence-electron chi connectivity index (χ3n) is 14.6. The molecule has 0 aliphatic heterocycles. The smallest absolute Gasteiger partial charge is 0.462 e. The zero-order chi connectivity index (χ0) is 59.8. The second-order valence-electron chi connectivity index (χ2n) is 22.6. The molecule has 0 rings (SSSR count). The van der Waals surface area contributed by atoms with E-state index in [0.717, 1.165) is 70.6 Å². The predicted octanol–water partition coefficient (Wildman–Crippen LogP) is 20.8. The van der Waals surface area contributed by atoms with Crippen LogP contribution in [0, 0.1) is 0 Å². The minimum absolute atomic E-state index is 0.0985. The molecule has 0 spiro atoms. The van der Waals surface area contributed by atoms with Crippen molar-refractivity contribution in [3.05, 3.63) is 72.9 Å². The van der Waals surface area contributed by atoms with Gasteiger partial charge in [0.2, 0.25) is 0 Å². The Bertz CT molecular complexity index is 1650. The Kier molecular flexibility index (Phi) is 61.5. The predicted molar refractivity (Wildman–Crippen MR) is 344 cm³/mol. The summed E-state index contributed by atoms with van der Waals surface area (Å²) in [7, 11) is -4.77. The SMILES string of the molecule is CC/C=C\C/C=C\C/C=C\C/C=C\C/C=C\CCCC(=O)OC(CO)COP(=O)(O)OCC(COC(=O)CCCCCCCCCCCCCCCCCCCCC)OC(=O)CCCCCCCCCCC/C=C\CCCCCCCC. The van der Waals surface area contributed by atoms with Gasteiger partial charge in [-0.2, -0.15) is 0 Å². The summed E-state index contributed by atoms with van der Waals surface area (Å²) in [6, 6.07) is 0. The minimum atomic E-state index is -4.77. The first kappa shape index (κ1) is 78.9. The van der Waals surface area contributed by atoms with Gasteiger partial charge in [-0.1, -0.05) is 286 Å². The van der Waals surface area contributed by atoms with E-state index >= 15 is 0 Å². The lowest BCUT2D eigenvalue weighted by molar-refractivity contribution is -0.161. The Morgan fingerprint density at radius 3 is 1.04 bits per heavy atom. The number of hydrogen-bond acceptors (Lipinski definition) is 10. The molecule has 82 heavy (non-hydrogen) atoms. The molecule has 0 aliphatic carbocycles. The number of aliphatic hydroxyl groups excluding tert-OH is 1. The topological polar surface area (TPSA) is 155 Å². The van der Waals surface area contributed by atoms with Crippen molar-refractivity contribution in [1.29, 1.82) is 0 Å². The van der Waals surface area contributed by atoms with Crippen molar-refractivity contribution in [2.24, 2.45) is 0 Å². The fraction of sp³-hybridized carbons (Fsp3) is 0.786. The summed E-state index contributed by atoms with van der Waals surface area (Å²) in [5.41, 5.74) is 0. The number of esters is 3. The molecule has 3 unspecified atom stereocenters. The van der Waals surface area contributed by atoms with Crippen molar-refractivity contribution in [1.82, 2.24) is 0 Å². The number of carbonyl (C=O) groups excluding carboxylic acids is 3. The second kappa shape index (κ2) is 63.9. The summed E-state index contributed by atoms with van der Waals surface area (Å²) >= 11 is 0. The molecule has 0 heterocycles. The molecule has 0 fully saturated rings. The Hall–Kier alpha value is -3.08. The lowest BCUT2D eigenvalue weighted by atomic mass is 10.0. The van der Waals surface area contributed by atoms with Crippen LogP contribution in [0.4, 0.5) is 0 Å². The van der Waals surface area contributed by atoms with Crippen molar-refractivity contribution < 1.29 is 52.2 Å². The average Bonchev–Trinajstić information content (AvgIpc) is 3.49. The number of phosphoric acid groups is 1. The number of phosphoric ester groups is 1. The van der Waals surface area contributed by atoms with Crippen LogP contribution < -0.4 is 0 Å². The molecule has 0 saturated heterocycles. The van der Waals surface area contributed by atoms with E-state index in [2.05, 4.69) is 81.5 Å². The van der Waals surface area contributed by atoms with Gasteiger partial charge in [0.15, 0.2) is 6.10 Å². The summed E-state index contributed by atoms with van der Waals surface area (Å²) in [6.45, 7) is 4.53. The van der Waals surface area contributed by atoms with Crippen LogP contribution in [-0.2, 0) is 42.2 Å². The number of unbranched alkanes of at least 4 members (excludes halogenated alkanes) is 34. The summed E-state index contributed by atoms with van der Waals surface area (Å²) in [5.74, 6) is -1.51. The highest BCUT2D eigenvalue weighted by Crippen LogP contribution is 2.43. The molecule has 0 aromatic carbocycles. The van der Waals surface area contributed by atoms with E-state index in [9.17, 15) is 28.9 Å². The molecule has 0 radical (unpaired) electrons. The Morgan fingerprint density at radius 1 is 0.354 bits per heavy atom. The van der Waals surface area contributed by atoms with Crippen LogP contribution in [0.5, 0.6) is 0 Å². The number of allylic oxidation sites excluding steroid dienone is 12. The minimum Gasteiger partial charge on any atom is -0.462 e. The maximum atomic E-state index is 13.0. The molecule has 12 heteroatoms. The van der Waals surface area contributed by atoms with Gasteiger partial charge in [-0.3, -0.25) is 23.4 Å². The first-order valence-electron chi connectivity index (χ1n) is 33.8. The molecular weight excluding hydrogens is 1050 g/mol. The first-order chi connectivity index (χ1) is 40.2. The van der Waals surface area contributed by atoms with Crippen LogP contribution in [-0.4, -0.2) is 66.5 Å². The highest BCUT2D eigenvalue weighted by atomic mass is 31.2. The Labute approximate surface area is 503 Å². The highest BCUT2D eigenvalue weighted by molar-refractivity contribution is 7.47. The highest BCUT2D eigenvalue weighted by Gasteiger charge is 2.28. The number of ether oxygens (including phenoxy) is 3. The van der Waals surface area contributed by atoms with Crippen LogP contribution in [0.1, 0.15) is 316 Å². The maximum Gasteiger partial charge on any atom is 0.472 e. The second-order valence-corrected chi connectivity index (χ2v) is 24.1. The molecule has 476 valence electrons. The molecule has 11 nitrogen and oxygen atoms in total. The van der Waals surface area contributed by atoms with E-state index in [-0.39, 0.29) is 25.9 Å².